The number of aliphatic carboxylic acids is 2. The number of likely N-dealkylation sites (tertiary alicyclic amines) is 1. The lowest BCUT2D eigenvalue weighted by Gasteiger charge is -2.28. The van der Waals surface area contributed by atoms with Gasteiger partial charge in [-0.25, -0.2) is 4.39 Å². The first-order valence-corrected chi connectivity index (χ1v) is 5.98. The fraction of sp³-hybridized carbons (Fsp3) is 0.385. The third-order valence-electron chi connectivity index (χ3n) is 3.34. The average molecular weight is 267 g/mol. The summed E-state index contributed by atoms with van der Waals surface area (Å²) in [6.07, 6.45) is 0.975. The van der Waals surface area contributed by atoms with Crippen LogP contribution < -0.4 is 0 Å². The lowest BCUT2D eigenvalue weighted by molar-refractivity contribution is -0.149. The van der Waals surface area contributed by atoms with E-state index >= 15 is 0 Å². The summed E-state index contributed by atoms with van der Waals surface area (Å²) >= 11 is 0. The van der Waals surface area contributed by atoms with Crippen LogP contribution in [0.15, 0.2) is 24.3 Å². The van der Waals surface area contributed by atoms with E-state index in [2.05, 4.69) is 0 Å². The molecular formula is C13H14FNO4. The largest absolute Gasteiger partial charge is 0.480 e. The van der Waals surface area contributed by atoms with Crippen molar-refractivity contribution in [3.05, 3.63) is 35.6 Å². The predicted molar refractivity (Wildman–Crippen MR) is 64.1 cm³/mol. The van der Waals surface area contributed by atoms with Gasteiger partial charge in [0.15, 0.2) is 0 Å². The van der Waals surface area contributed by atoms with Crippen molar-refractivity contribution in [2.75, 3.05) is 6.54 Å². The number of carboxylic acids is 2. The number of hydrogen-bond donors (Lipinski definition) is 2. The van der Waals surface area contributed by atoms with Crippen molar-refractivity contribution < 1.29 is 24.2 Å². The van der Waals surface area contributed by atoms with Crippen LogP contribution in [0.3, 0.4) is 0 Å². The summed E-state index contributed by atoms with van der Waals surface area (Å²) in [5.74, 6) is -2.94. The van der Waals surface area contributed by atoms with E-state index in [1.54, 1.807) is 6.07 Å². The molecule has 1 fully saturated rings. The van der Waals surface area contributed by atoms with Crippen LogP contribution in [0.25, 0.3) is 0 Å². The third kappa shape index (κ3) is 2.58. The molecule has 102 valence electrons. The highest BCUT2D eigenvalue weighted by Crippen LogP contribution is 2.31. The lowest BCUT2D eigenvalue weighted by atomic mass is 10.0. The first kappa shape index (κ1) is 13.5. The van der Waals surface area contributed by atoms with Gasteiger partial charge < -0.3 is 10.2 Å². The monoisotopic (exact) mass is 267 g/mol. The van der Waals surface area contributed by atoms with Gasteiger partial charge in [-0.1, -0.05) is 18.2 Å². The zero-order valence-electron chi connectivity index (χ0n) is 10.1. The van der Waals surface area contributed by atoms with Gasteiger partial charge in [-0.2, -0.15) is 0 Å². The minimum atomic E-state index is -1.26. The number of nitrogens with zero attached hydrogens (tertiary/aromatic N) is 1. The normalized spacial score (nSPS) is 21.2. The number of benzene rings is 1. The lowest BCUT2D eigenvalue weighted by Crippen LogP contribution is -2.42. The van der Waals surface area contributed by atoms with Gasteiger partial charge in [0.05, 0.1) is 0 Å². The quantitative estimate of drug-likeness (QED) is 0.864. The molecule has 1 aromatic carbocycles. The number of carbonyl (C=O) groups is 2. The average Bonchev–Trinajstić information content (AvgIpc) is 2.80. The number of rotatable bonds is 4. The molecule has 5 nitrogen and oxygen atoms in total. The van der Waals surface area contributed by atoms with Crippen LogP contribution in [-0.2, 0) is 9.59 Å². The minimum Gasteiger partial charge on any atom is -0.480 e. The molecular weight excluding hydrogens is 253 g/mol. The van der Waals surface area contributed by atoms with E-state index in [-0.39, 0.29) is 5.56 Å². The van der Waals surface area contributed by atoms with Crippen LogP contribution in [0.5, 0.6) is 0 Å². The highest BCUT2D eigenvalue weighted by atomic mass is 19.1. The Labute approximate surface area is 109 Å². The Morgan fingerprint density at radius 2 is 2.00 bits per heavy atom. The summed E-state index contributed by atoms with van der Waals surface area (Å²) in [6, 6.07) is 3.43. The van der Waals surface area contributed by atoms with Crippen LogP contribution in [0.2, 0.25) is 0 Å². The van der Waals surface area contributed by atoms with Gasteiger partial charge in [0.2, 0.25) is 0 Å². The summed E-state index contributed by atoms with van der Waals surface area (Å²) in [4.78, 5) is 23.9. The summed E-state index contributed by atoms with van der Waals surface area (Å²) in [6.45, 7) is 0.336. The van der Waals surface area contributed by atoms with Gasteiger partial charge >= 0.3 is 11.9 Å². The van der Waals surface area contributed by atoms with E-state index in [9.17, 15) is 19.1 Å². The molecule has 1 saturated heterocycles. The van der Waals surface area contributed by atoms with Gasteiger partial charge in [-0.15, -0.1) is 0 Å². The fourth-order valence-electron chi connectivity index (χ4n) is 2.51. The maximum absolute atomic E-state index is 13.7. The minimum absolute atomic E-state index is 0.00292. The molecule has 0 saturated carbocycles. The molecule has 19 heavy (non-hydrogen) atoms. The molecule has 0 aliphatic carbocycles. The third-order valence-corrected chi connectivity index (χ3v) is 3.34. The van der Waals surface area contributed by atoms with Gasteiger partial charge in [0.25, 0.3) is 0 Å². The summed E-state index contributed by atoms with van der Waals surface area (Å²) < 4.78 is 13.7. The smallest absolute Gasteiger partial charge is 0.325 e. The second kappa shape index (κ2) is 5.36. The molecule has 0 spiro atoms. The zero-order valence-corrected chi connectivity index (χ0v) is 10.1. The van der Waals surface area contributed by atoms with Gasteiger partial charge in [-0.05, 0) is 18.9 Å². The molecule has 2 rings (SSSR count). The highest BCUT2D eigenvalue weighted by Gasteiger charge is 2.40. The Kier molecular flexibility index (Phi) is 3.80. The molecule has 2 atom stereocenters. The fourth-order valence-corrected chi connectivity index (χ4v) is 2.51. The maximum Gasteiger partial charge on any atom is 0.325 e. The van der Waals surface area contributed by atoms with Crippen LogP contribution in [0, 0.1) is 5.82 Å². The Morgan fingerprint density at radius 3 is 2.58 bits per heavy atom. The van der Waals surface area contributed by atoms with E-state index in [0.29, 0.717) is 19.4 Å². The Balaban J connectivity index is 2.39. The molecule has 0 radical (unpaired) electrons. The molecule has 1 heterocycles. The molecule has 6 heteroatoms. The van der Waals surface area contributed by atoms with Crippen molar-refractivity contribution in [2.45, 2.75) is 24.9 Å². The number of halogens is 1. The van der Waals surface area contributed by atoms with E-state index in [4.69, 9.17) is 5.11 Å². The van der Waals surface area contributed by atoms with Crippen molar-refractivity contribution in [1.82, 2.24) is 4.90 Å². The molecule has 0 amide bonds. The van der Waals surface area contributed by atoms with Crippen LogP contribution >= 0.6 is 0 Å². The molecule has 1 aliphatic heterocycles. The Morgan fingerprint density at radius 1 is 1.32 bits per heavy atom. The van der Waals surface area contributed by atoms with E-state index in [1.807, 2.05) is 0 Å². The Hall–Kier alpha value is -1.95. The van der Waals surface area contributed by atoms with E-state index in [0.717, 1.165) is 0 Å². The van der Waals surface area contributed by atoms with Gasteiger partial charge in [-0.3, -0.25) is 14.5 Å². The highest BCUT2D eigenvalue weighted by molar-refractivity contribution is 5.79. The van der Waals surface area contributed by atoms with Crippen molar-refractivity contribution in [1.29, 1.82) is 0 Å². The number of carboxylic acid groups (broad SMARTS) is 2. The zero-order chi connectivity index (χ0) is 14.0. The first-order chi connectivity index (χ1) is 9.02. The summed E-state index contributed by atoms with van der Waals surface area (Å²) in [5.41, 5.74) is 0.00292. The SMILES string of the molecule is O=C(O)C1CCCN1C(C(=O)O)c1ccccc1F. The second-order valence-corrected chi connectivity index (χ2v) is 4.50. The topological polar surface area (TPSA) is 77.8 Å². The standard InChI is InChI=1S/C13H14FNO4/c14-9-5-2-1-4-8(9)11(13(18)19)15-7-3-6-10(15)12(16)17/h1-2,4-5,10-11H,3,6-7H2,(H,16,17)(H,18,19). The molecule has 1 aliphatic rings. The number of hydrogen-bond acceptors (Lipinski definition) is 3. The van der Waals surface area contributed by atoms with Crippen LogP contribution in [0.4, 0.5) is 4.39 Å². The van der Waals surface area contributed by atoms with Crippen LogP contribution in [-0.4, -0.2) is 39.6 Å². The summed E-state index contributed by atoms with van der Waals surface area (Å²) in [7, 11) is 0. The first-order valence-electron chi connectivity index (χ1n) is 5.98. The molecule has 2 N–H and O–H groups in total. The van der Waals surface area contributed by atoms with Gasteiger partial charge in [0.1, 0.15) is 17.9 Å². The Bertz CT molecular complexity index is 505. The van der Waals surface area contributed by atoms with Crippen molar-refractivity contribution in [2.24, 2.45) is 0 Å². The predicted octanol–water partition coefficient (Wildman–Crippen LogP) is 1.50. The van der Waals surface area contributed by atoms with Crippen LogP contribution in [0.1, 0.15) is 24.4 Å². The summed E-state index contributed by atoms with van der Waals surface area (Å²) in [5, 5.41) is 18.4. The van der Waals surface area contributed by atoms with Crippen molar-refractivity contribution >= 4 is 11.9 Å². The molecule has 2 unspecified atom stereocenters. The molecule has 0 aromatic heterocycles. The molecule has 1 aromatic rings. The second-order valence-electron chi connectivity index (χ2n) is 4.50. The maximum atomic E-state index is 13.7. The van der Waals surface area contributed by atoms with Gasteiger partial charge in [0, 0.05) is 12.1 Å². The van der Waals surface area contributed by atoms with Crippen molar-refractivity contribution in [3.8, 4) is 0 Å². The molecule has 0 bridgehead atoms. The van der Waals surface area contributed by atoms with Crippen molar-refractivity contribution in [3.63, 3.8) is 0 Å². The van der Waals surface area contributed by atoms with E-state index in [1.165, 1.54) is 23.1 Å². The van der Waals surface area contributed by atoms with E-state index < -0.39 is 29.8 Å².